The number of hydrogen-bond donors (Lipinski definition) is 1. The maximum atomic E-state index is 6.07. The van der Waals surface area contributed by atoms with Gasteiger partial charge in [0.1, 0.15) is 11.4 Å². The number of thiazole rings is 1. The summed E-state index contributed by atoms with van der Waals surface area (Å²) in [6, 6.07) is 5.04. The molecular formula is C12H9Cl2N3OS. The fourth-order valence-electron chi connectivity index (χ4n) is 1.74. The summed E-state index contributed by atoms with van der Waals surface area (Å²) in [6.07, 6.45) is 1.91. The van der Waals surface area contributed by atoms with Crippen molar-refractivity contribution in [1.82, 2.24) is 9.38 Å². The lowest BCUT2D eigenvalue weighted by Crippen LogP contribution is -2.01. The minimum Gasteiger partial charge on any atom is -0.436 e. The Bertz CT molecular complexity index is 738. The highest BCUT2D eigenvalue weighted by molar-refractivity contribution is 7.15. The predicted molar refractivity (Wildman–Crippen MR) is 77.5 cm³/mol. The van der Waals surface area contributed by atoms with Gasteiger partial charge in [-0.1, -0.05) is 23.2 Å². The van der Waals surface area contributed by atoms with E-state index in [2.05, 4.69) is 4.98 Å². The van der Waals surface area contributed by atoms with Gasteiger partial charge in [-0.2, -0.15) is 4.98 Å². The van der Waals surface area contributed by atoms with Crippen molar-refractivity contribution >= 4 is 39.5 Å². The van der Waals surface area contributed by atoms with Gasteiger partial charge in [0, 0.05) is 23.1 Å². The van der Waals surface area contributed by atoms with Crippen LogP contribution >= 0.6 is 34.5 Å². The highest BCUT2D eigenvalue weighted by atomic mass is 35.5. The molecule has 19 heavy (non-hydrogen) atoms. The number of rotatable bonds is 3. The molecular weight excluding hydrogens is 305 g/mol. The SMILES string of the molecule is NCc1c(Oc2ccc(Cl)cc2Cl)nc2sccn12. The van der Waals surface area contributed by atoms with Crippen molar-refractivity contribution < 1.29 is 4.74 Å². The topological polar surface area (TPSA) is 52.5 Å². The summed E-state index contributed by atoms with van der Waals surface area (Å²) >= 11 is 13.4. The van der Waals surface area contributed by atoms with E-state index in [4.69, 9.17) is 33.7 Å². The number of nitrogens with zero attached hydrogens (tertiary/aromatic N) is 2. The first-order chi connectivity index (χ1) is 9.19. The van der Waals surface area contributed by atoms with Crippen molar-refractivity contribution in [2.45, 2.75) is 6.54 Å². The summed E-state index contributed by atoms with van der Waals surface area (Å²) in [5.41, 5.74) is 6.55. The van der Waals surface area contributed by atoms with Crippen LogP contribution in [0, 0.1) is 0 Å². The van der Waals surface area contributed by atoms with Gasteiger partial charge >= 0.3 is 0 Å². The molecule has 4 nitrogen and oxygen atoms in total. The molecule has 98 valence electrons. The van der Waals surface area contributed by atoms with Crippen molar-refractivity contribution in [3.05, 3.63) is 45.5 Å². The molecule has 2 aromatic heterocycles. The Morgan fingerprint density at radius 3 is 2.95 bits per heavy atom. The number of aromatic nitrogens is 2. The number of benzene rings is 1. The molecule has 0 spiro atoms. The Hall–Kier alpha value is -1.27. The van der Waals surface area contributed by atoms with Gasteiger partial charge < -0.3 is 10.5 Å². The van der Waals surface area contributed by atoms with Crippen LogP contribution in [0.25, 0.3) is 4.96 Å². The van der Waals surface area contributed by atoms with Crippen LogP contribution < -0.4 is 10.5 Å². The van der Waals surface area contributed by atoms with E-state index in [0.29, 0.717) is 28.2 Å². The van der Waals surface area contributed by atoms with E-state index in [-0.39, 0.29) is 0 Å². The smallest absolute Gasteiger partial charge is 0.243 e. The second-order valence-corrected chi connectivity index (χ2v) is 5.52. The zero-order chi connectivity index (χ0) is 13.4. The van der Waals surface area contributed by atoms with Gasteiger partial charge in [-0.05, 0) is 18.2 Å². The molecule has 0 radical (unpaired) electrons. The van der Waals surface area contributed by atoms with Crippen LogP contribution in [0.3, 0.4) is 0 Å². The molecule has 0 amide bonds. The molecule has 0 saturated carbocycles. The first-order valence-corrected chi connectivity index (χ1v) is 7.10. The number of ether oxygens (including phenoxy) is 1. The molecule has 0 aliphatic carbocycles. The van der Waals surface area contributed by atoms with Gasteiger partial charge in [0.05, 0.1) is 5.02 Å². The molecule has 0 saturated heterocycles. The molecule has 0 atom stereocenters. The number of fused-ring (bicyclic) bond motifs is 1. The average Bonchev–Trinajstić information content (AvgIpc) is 2.92. The van der Waals surface area contributed by atoms with Gasteiger partial charge in [-0.25, -0.2) is 0 Å². The molecule has 3 aromatic rings. The van der Waals surface area contributed by atoms with Crippen molar-refractivity contribution in [2.24, 2.45) is 5.73 Å². The van der Waals surface area contributed by atoms with Crippen molar-refractivity contribution in [3.63, 3.8) is 0 Å². The van der Waals surface area contributed by atoms with E-state index in [1.165, 1.54) is 11.3 Å². The standard InChI is InChI=1S/C12H9Cl2N3OS/c13-7-1-2-10(8(14)5-7)18-11-9(6-15)17-3-4-19-12(17)16-11/h1-5H,6,15H2. The van der Waals surface area contributed by atoms with Gasteiger partial charge in [0.2, 0.25) is 5.88 Å². The van der Waals surface area contributed by atoms with Crippen LogP contribution in [0.1, 0.15) is 5.69 Å². The highest BCUT2D eigenvalue weighted by Crippen LogP contribution is 2.33. The lowest BCUT2D eigenvalue weighted by Gasteiger charge is -2.06. The molecule has 3 rings (SSSR count). The zero-order valence-electron chi connectivity index (χ0n) is 9.64. The monoisotopic (exact) mass is 313 g/mol. The third kappa shape index (κ3) is 2.30. The third-order valence-electron chi connectivity index (χ3n) is 2.62. The largest absolute Gasteiger partial charge is 0.436 e. The van der Waals surface area contributed by atoms with Gasteiger partial charge in [0.25, 0.3) is 0 Å². The zero-order valence-corrected chi connectivity index (χ0v) is 12.0. The van der Waals surface area contributed by atoms with Crippen LogP contribution in [0.4, 0.5) is 0 Å². The fraction of sp³-hybridized carbons (Fsp3) is 0.0833. The normalized spacial score (nSPS) is 11.1. The van der Waals surface area contributed by atoms with E-state index >= 15 is 0 Å². The van der Waals surface area contributed by atoms with E-state index in [1.54, 1.807) is 18.2 Å². The maximum absolute atomic E-state index is 6.07. The molecule has 0 bridgehead atoms. The molecule has 0 aliphatic rings. The van der Waals surface area contributed by atoms with Gasteiger partial charge in [-0.3, -0.25) is 4.40 Å². The van der Waals surface area contributed by atoms with Gasteiger partial charge in [-0.15, -0.1) is 11.3 Å². The molecule has 0 fully saturated rings. The van der Waals surface area contributed by atoms with Gasteiger partial charge in [0.15, 0.2) is 4.96 Å². The summed E-state index contributed by atoms with van der Waals surface area (Å²) in [5.74, 6) is 0.977. The summed E-state index contributed by atoms with van der Waals surface area (Å²) in [4.78, 5) is 5.22. The quantitative estimate of drug-likeness (QED) is 0.796. The Balaban J connectivity index is 2.02. The maximum Gasteiger partial charge on any atom is 0.243 e. The highest BCUT2D eigenvalue weighted by Gasteiger charge is 2.15. The summed E-state index contributed by atoms with van der Waals surface area (Å²) in [5, 5.41) is 2.94. The number of halogens is 2. The molecule has 2 N–H and O–H groups in total. The van der Waals surface area contributed by atoms with E-state index in [9.17, 15) is 0 Å². The molecule has 7 heteroatoms. The number of nitrogens with two attached hydrogens (primary N) is 1. The van der Waals surface area contributed by atoms with Crippen molar-refractivity contribution in [2.75, 3.05) is 0 Å². The number of imidazole rings is 1. The minimum atomic E-state index is 0.332. The Kier molecular flexibility index (Phi) is 3.36. The predicted octanol–water partition coefficient (Wildman–Crippen LogP) is 3.95. The van der Waals surface area contributed by atoms with Crippen LogP contribution in [0.2, 0.25) is 10.0 Å². The van der Waals surface area contributed by atoms with Crippen LogP contribution in [0.15, 0.2) is 29.8 Å². The van der Waals surface area contributed by atoms with E-state index in [0.717, 1.165) is 10.7 Å². The lowest BCUT2D eigenvalue weighted by atomic mass is 10.3. The summed E-state index contributed by atoms with van der Waals surface area (Å²) in [6.45, 7) is 0.332. The minimum absolute atomic E-state index is 0.332. The second kappa shape index (κ2) is 5.02. The Morgan fingerprint density at radius 1 is 1.37 bits per heavy atom. The first-order valence-electron chi connectivity index (χ1n) is 5.46. The Labute approximate surface area is 123 Å². The Morgan fingerprint density at radius 2 is 2.21 bits per heavy atom. The lowest BCUT2D eigenvalue weighted by molar-refractivity contribution is 0.459. The molecule has 0 unspecified atom stereocenters. The van der Waals surface area contributed by atoms with E-state index in [1.807, 2.05) is 16.0 Å². The molecule has 2 heterocycles. The first kappa shape index (κ1) is 12.7. The fourth-order valence-corrected chi connectivity index (χ4v) is 2.91. The number of hydrogen-bond acceptors (Lipinski definition) is 4. The average molecular weight is 314 g/mol. The van der Waals surface area contributed by atoms with E-state index < -0.39 is 0 Å². The van der Waals surface area contributed by atoms with Crippen LogP contribution in [0.5, 0.6) is 11.6 Å². The van der Waals surface area contributed by atoms with Crippen molar-refractivity contribution in [3.8, 4) is 11.6 Å². The molecule has 0 aliphatic heterocycles. The summed E-state index contributed by atoms with van der Waals surface area (Å²) in [7, 11) is 0. The summed E-state index contributed by atoms with van der Waals surface area (Å²) < 4.78 is 7.64. The van der Waals surface area contributed by atoms with Crippen molar-refractivity contribution in [1.29, 1.82) is 0 Å². The second-order valence-electron chi connectivity index (χ2n) is 3.80. The molecule has 1 aromatic carbocycles. The third-order valence-corrected chi connectivity index (χ3v) is 3.91. The van der Waals surface area contributed by atoms with Crippen LogP contribution in [-0.4, -0.2) is 9.38 Å². The van der Waals surface area contributed by atoms with Crippen LogP contribution in [-0.2, 0) is 6.54 Å².